The van der Waals surface area contributed by atoms with Crippen molar-refractivity contribution >= 4 is 23.0 Å². The van der Waals surface area contributed by atoms with Crippen LogP contribution in [0.25, 0.3) is 5.70 Å². The van der Waals surface area contributed by atoms with Gasteiger partial charge >= 0.3 is 0 Å². The van der Waals surface area contributed by atoms with Crippen LogP contribution in [0.2, 0.25) is 0 Å². The highest BCUT2D eigenvalue weighted by Crippen LogP contribution is 2.48. The molecule has 1 aliphatic carbocycles. The summed E-state index contributed by atoms with van der Waals surface area (Å²) in [5, 5.41) is 14.4. The molecule has 1 atom stereocenters. The number of para-hydroxylation sites is 1. The number of aliphatic hydroxyl groups excluding tert-OH is 1. The Morgan fingerprint density at radius 2 is 1.43 bits per heavy atom. The van der Waals surface area contributed by atoms with Gasteiger partial charge in [0.2, 0.25) is 5.88 Å². The van der Waals surface area contributed by atoms with Crippen molar-refractivity contribution in [2.24, 2.45) is 4.99 Å². The van der Waals surface area contributed by atoms with Crippen LogP contribution in [-0.2, 0) is 0 Å². The van der Waals surface area contributed by atoms with Crippen LogP contribution in [0.5, 0.6) is 0 Å². The fourth-order valence-electron chi connectivity index (χ4n) is 4.45. The Kier molecular flexibility index (Phi) is 3.47. The molecule has 144 valence electrons. The van der Waals surface area contributed by atoms with Crippen LogP contribution in [-0.4, -0.2) is 21.7 Å². The lowest BCUT2D eigenvalue weighted by atomic mass is 9.94. The first-order valence-electron chi connectivity index (χ1n) is 9.81. The molecule has 2 aliphatic heterocycles. The lowest BCUT2D eigenvalue weighted by Gasteiger charge is -2.40. The average molecular weight is 391 g/mol. The highest BCUT2D eigenvalue weighted by Gasteiger charge is 2.46. The van der Waals surface area contributed by atoms with E-state index in [0.717, 1.165) is 16.8 Å². The van der Waals surface area contributed by atoms with Gasteiger partial charge in [0.05, 0.1) is 17.0 Å². The van der Waals surface area contributed by atoms with E-state index in [-0.39, 0.29) is 11.7 Å². The molecule has 1 unspecified atom stereocenters. The minimum absolute atomic E-state index is 0.0170. The number of anilines is 1. The predicted molar refractivity (Wildman–Crippen MR) is 116 cm³/mol. The van der Waals surface area contributed by atoms with Crippen LogP contribution in [0.15, 0.2) is 107 Å². The summed E-state index contributed by atoms with van der Waals surface area (Å²) in [5.74, 6) is 0.660. The fraction of sp³-hybridized carbons (Fsp3) is 0.0400. The van der Waals surface area contributed by atoms with Crippen LogP contribution in [0.4, 0.5) is 5.69 Å². The topological polar surface area (TPSA) is 56.1 Å². The van der Waals surface area contributed by atoms with E-state index >= 15 is 0 Å². The van der Waals surface area contributed by atoms with Crippen molar-refractivity contribution < 1.29 is 9.90 Å². The van der Waals surface area contributed by atoms with Gasteiger partial charge in [-0.15, -0.1) is 0 Å². The Labute approximate surface area is 173 Å². The zero-order chi connectivity index (χ0) is 20.2. The number of hydrogen-bond donors (Lipinski definition) is 1. The first kappa shape index (κ1) is 16.8. The van der Waals surface area contributed by atoms with E-state index < -0.39 is 6.04 Å². The molecule has 0 fully saturated rings. The standard InChI is InChI=1S/C25H17N3O2/c29-21-15-20-26-23-18-13-7-8-14-19(18)25(30)22(23)24(16-9-3-1-4-10-16)28(20)27(21)17-11-5-2-6-12-17/h1-15,24,29H. The normalized spacial score (nSPS) is 19.3. The van der Waals surface area contributed by atoms with Crippen molar-refractivity contribution in [3.8, 4) is 0 Å². The van der Waals surface area contributed by atoms with E-state index in [1.54, 1.807) is 11.1 Å². The molecule has 0 bridgehead atoms. The minimum Gasteiger partial charge on any atom is -0.493 e. The van der Waals surface area contributed by atoms with Crippen molar-refractivity contribution in [1.82, 2.24) is 5.01 Å². The van der Waals surface area contributed by atoms with Gasteiger partial charge in [0.15, 0.2) is 11.6 Å². The van der Waals surface area contributed by atoms with Crippen molar-refractivity contribution in [2.45, 2.75) is 6.04 Å². The van der Waals surface area contributed by atoms with Gasteiger partial charge in [-0.3, -0.25) is 4.79 Å². The molecule has 0 radical (unpaired) electrons. The van der Waals surface area contributed by atoms with Gasteiger partial charge in [-0.25, -0.2) is 15.0 Å². The van der Waals surface area contributed by atoms with Crippen LogP contribution >= 0.6 is 0 Å². The Hall–Kier alpha value is -4.12. The second kappa shape index (κ2) is 6.19. The van der Waals surface area contributed by atoms with Crippen molar-refractivity contribution in [3.05, 3.63) is 119 Å². The van der Waals surface area contributed by atoms with Gasteiger partial charge < -0.3 is 5.11 Å². The summed E-state index contributed by atoms with van der Waals surface area (Å²) in [6, 6.07) is 26.7. The van der Waals surface area contributed by atoms with E-state index in [1.165, 1.54) is 0 Å². The molecule has 0 spiro atoms. The number of amidine groups is 1. The summed E-state index contributed by atoms with van der Waals surface area (Å²) in [6.45, 7) is 0. The van der Waals surface area contributed by atoms with E-state index in [9.17, 15) is 9.90 Å². The van der Waals surface area contributed by atoms with Crippen LogP contribution in [0, 0.1) is 0 Å². The maximum Gasteiger partial charge on any atom is 0.214 e. The van der Waals surface area contributed by atoms with E-state index in [4.69, 9.17) is 4.99 Å². The van der Waals surface area contributed by atoms with Crippen molar-refractivity contribution in [1.29, 1.82) is 0 Å². The number of hydrogen-bond acceptors (Lipinski definition) is 5. The summed E-state index contributed by atoms with van der Waals surface area (Å²) >= 11 is 0. The second-order valence-electron chi connectivity index (χ2n) is 7.41. The summed E-state index contributed by atoms with van der Waals surface area (Å²) in [6.07, 6.45) is 1.65. The zero-order valence-electron chi connectivity index (χ0n) is 15.9. The number of ketones is 1. The molecule has 0 amide bonds. The average Bonchev–Trinajstić information content (AvgIpc) is 3.27. The highest BCUT2D eigenvalue weighted by molar-refractivity contribution is 6.24. The molecular weight excluding hydrogens is 374 g/mol. The molecule has 0 aromatic heterocycles. The summed E-state index contributed by atoms with van der Waals surface area (Å²) < 4.78 is 0. The van der Waals surface area contributed by atoms with Crippen LogP contribution in [0.1, 0.15) is 27.5 Å². The minimum atomic E-state index is -0.408. The lowest BCUT2D eigenvalue weighted by Crippen LogP contribution is -2.46. The third-order valence-electron chi connectivity index (χ3n) is 5.71. The van der Waals surface area contributed by atoms with Crippen LogP contribution < -0.4 is 5.01 Å². The summed E-state index contributed by atoms with van der Waals surface area (Å²) in [4.78, 5) is 18.3. The van der Waals surface area contributed by atoms with Gasteiger partial charge in [-0.2, -0.15) is 0 Å². The number of rotatable bonds is 2. The number of hydrazine groups is 1. The molecule has 5 heteroatoms. The number of nitrogens with zero attached hydrogens (tertiary/aromatic N) is 3. The number of carbonyl (C=O) groups excluding carboxylic acids is 1. The third kappa shape index (κ3) is 2.23. The number of aliphatic hydroxyl groups is 1. The number of fused-ring (bicyclic) bond motifs is 3. The molecule has 3 aliphatic rings. The molecule has 3 aromatic carbocycles. The molecule has 2 heterocycles. The smallest absolute Gasteiger partial charge is 0.214 e. The predicted octanol–water partition coefficient (Wildman–Crippen LogP) is 4.88. The molecule has 0 saturated carbocycles. The highest BCUT2D eigenvalue weighted by atomic mass is 16.3. The Bertz CT molecular complexity index is 1280. The van der Waals surface area contributed by atoms with Crippen LogP contribution in [0.3, 0.4) is 0 Å². The maximum absolute atomic E-state index is 13.5. The van der Waals surface area contributed by atoms with E-state index in [2.05, 4.69) is 0 Å². The Balaban J connectivity index is 1.60. The van der Waals surface area contributed by atoms with Gasteiger partial charge in [0, 0.05) is 17.2 Å². The molecule has 6 rings (SSSR count). The maximum atomic E-state index is 13.5. The van der Waals surface area contributed by atoms with Gasteiger partial charge in [0.25, 0.3) is 0 Å². The first-order valence-corrected chi connectivity index (χ1v) is 9.81. The Morgan fingerprint density at radius 1 is 0.800 bits per heavy atom. The number of aliphatic imine (C=N–C) groups is 1. The molecular formula is C25H17N3O2. The monoisotopic (exact) mass is 391 g/mol. The Morgan fingerprint density at radius 3 is 2.17 bits per heavy atom. The van der Waals surface area contributed by atoms with Gasteiger partial charge in [-0.1, -0.05) is 72.8 Å². The second-order valence-corrected chi connectivity index (χ2v) is 7.41. The third-order valence-corrected chi connectivity index (χ3v) is 5.71. The number of Topliss-reactive ketones (excluding diaryl/α,β-unsaturated/α-hetero) is 1. The molecule has 3 aromatic rings. The van der Waals surface area contributed by atoms with Crippen molar-refractivity contribution in [3.63, 3.8) is 0 Å². The quantitative estimate of drug-likeness (QED) is 0.676. The number of benzene rings is 3. The summed E-state index contributed by atoms with van der Waals surface area (Å²) in [5.41, 5.74) is 4.60. The molecule has 0 saturated heterocycles. The molecule has 1 N–H and O–H groups in total. The van der Waals surface area contributed by atoms with E-state index in [1.807, 2.05) is 89.9 Å². The fourth-order valence-corrected chi connectivity index (χ4v) is 4.45. The molecule has 30 heavy (non-hydrogen) atoms. The van der Waals surface area contributed by atoms with E-state index in [0.29, 0.717) is 22.7 Å². The lowest BCUT2D eigenvalue weighted by molar-refractivity contribution is 0.102. The van der Waals surface area contributed by atoms with Crippen molar-refractivity contribution in [2.75, 3.05) is 5.01 Å². The SMILES string of the molecule is O=C1C2=C(N=C3C=C(O)N(c4ccccc4)N3C2c2ccccc2)c2ccccc21. The zero-order valence-corrected chi connectivity index (χ0v) is 15.9. The van der Waals surface area contributed by atoms with Gasteiger partial charge in [0.1, 0.15) is 6.04 Å². The first-order chi connectivity index (χ1) is 14.7. The van der Waals surface area contributed by atoms with Gasteiger partial charge in [-0.05, 0) is 17.7 Å². The largest absolute Gasteiger partial charge is 0.493 e. The summed E-state index contributed by atoms with van der Waals surface area (Å²) in [7, 11) is 0. The number of carbonyl (C=O) groups is 1. The molecule has 5 nitrogen and oxygen atoms in total.